The molecule has 172 valence electrons. The summed E-state index contributed by atoms with van der Waals surface area (Å²) >= 11 is 3.27. The van der Waals surface area contributed by atoms with Gasteiger partial charge >= 0.3 is 12.6 Å². The Hall–Kier alpha value is -2.75. The van der Waals surface area contributed by atoms with Crippen molar-refractivity contribution in [1.29, 1.82) is 0 Å². The molecule has 0 aliphatic carbocycles. The summed E-state index contributed by atoms with van der Waals surface area (Å²) in [5.74, 6) is -1.54. The van der Waals surface area contributed by atoms with Crippen molar-refractivity contribution in [2.24, 2.45) is 0 Å². The minimum Gasteiger partial charge on any atom is -0.485 e. The number of benzene rings is 2. The number of methoxy groups -OCH3 is 1. The highest BCUT2D eigenvalue weighted by Gasteiger charge is 2.41. The van der Waals surface area contributed by atoms with Crippen molar-refractivity contribution in [2.75, 3.05) is 13.7 Å². The molecule has 1 heterocycles. The predicted molar refractivity (Wildman–Crippen MR) is 112 cm³/mol. The Bertz CT molecular complexity index is 974. The second-order valence-electron chi connectivity index (χ2n) is 7.12. The van der Waals surface area contributed by atoms with Crippen LogP contribution in [0.4, 0.5) is 13.2 Å². The number of esters is 1. The molecule has 32 heavy (non-hydrogen) atoms. The minimum absolute atomic E-state index is 0.0253. The molecule has 0 aromatic heterocycles. The summed E-state index contributed by atoms with van der Waals surface area (Å²) in [5, 5.41) is 0. The monoisotopic (exact) mass is 515 g/mol. The number of carbonyl (C=O) groups is 2. The van der Waals surface area contributed by atoms with Crippen LogP contribution in [0, 0.1) is 5.82 Å². The molecule has 2 atom stereocenters. The van der Waals surface area contributed by atoms with Crippen LogP contribution in [0.15, 0.2) is 46.9 Å². The maximum absolute atomic E-state index is 13.9. The highest BCUT2D eigenvalue weighted by Crippen LogP contribution is 2.29. The van der Waals surface area contributed by atoms with E-state index in [9.17, 15) is 22.8 Å². The van der Waals surface area contributed by atoms with Crippen LogP contribution in [-0.2, 0) is 20.7 Å². The molecule has 0 saturated carbocycles. The summed E-state index contributed by atoms with van der Waals surface area (Å²) in [6.45, 7) is -2.93. The van der Waals surface area contributed by atoms with Crippen molar-refractivity contribution in [3.63, 3.8) is 0 Å². The molecule has 2 unspecified atom stereocenters. The van der Waals surface area contributed by atoms with Crippen LogP contribution >= 0.6 is 15.9 Å². The molecule has 0 N–H and O–H groups in total. The van der Waals surface area contributed by atoms with Gasteiger partial charge in [-0.05, 0) is 42.3 Å². The number of rotatable bonds is 8. The highest BCUT2D eigenvalue weighted by atomic mass is 79.9. The zero-order valence-corrected chi connectivity index (χ0v) is 18.7. The number of amides is 1. The Morgan fingerprint density at radius 1 is 1.19 bits per heavy atom. The molecular weight excluding hydrogens is 495 g/mol. The molecular formula is C22H21BrF3NO5. The van der Waals surface area contributed by atoms with Gasteiger partial charge in [0.2, 0.25) is 5.91 Å². The van der Waals surface area contributed by atoms with Crippen molar-refractivity contribution >= 4 is 27.8 Å². The van der Waals surface area contributed by atoms with E-state index in [0.29, 0.717) is 10.0 Å². The number of nitrogens with zero attached hydrogens (tertiary/aromatic N) is 1. The lowest BCUT2D eigenvalue weighted by molar-refractivity contribution is -0.150. The van der Waals surface area contributed by atoms with E-state index >= 15 is 0 Å². The molecule has 10 heteroatoms. The van der Waals surface area contributed by atoms with E-state index in [1.165, 1.54) is 36.3 Å². The first-order valence-corrected chi connectivity index (χ1v) is 10.6. The number of hydrogen-bond donors (Lipinski definition) is 0. The lowest BCUT2D eigenvalue weighted by Gasteiger charge is -2.22. The second-order valence-corrected chi connectivity index (χ2v) is 8.04. The molecule has 1 fully saturated rings. The Labute approximate surface area is 191 Å². The van der Waals surface area contributed by atoms with Crippen molar-refractivity contribution < 1.29 is 37.0 Å². The normalized spacial score (nSPS) is 18.0. The molecule has 3 rings (SSSR count). The highest BCUT2D eigenvalue weighted by molar-refractivity contribution is 9.10. The van der Waals surface area contributed by atoms with Crippen LogP contribution < -0.4 is 9.47 Å². The van der Waals surface area contributed by atoms with E-state index in [0.717, 1.165) is 0 Å². The van der Waals surface area contributed by atoms with E-state index in [-0.39, 0.29) is 43.2 Å². The zero-order chi connectivity index (χ0) is 23.3. The molecule has 6 nitrogen and oxygen atoms in total. The number of carbonyl (C=O) groups excluding carboxylic acids is 2. The number of para-hydroxylation sites is 1. The summed E-state index contributed by atoms with van der Waals surface area (Å²) in [5.41, 5.74) is 0.418. The first-order valence-electron chi connectivity index (χ1n) is 9.80. The van der Waals surface area contributed by atoms with E-state index in [1.807, 2.05) is 0 Å². The zero-order valence-electron chi connectivity index (χ0n) is 17.1. The van der Waals surface area contributed by atoms with Gasteiger partial charge in [-0.25, -0.2) is 9.18 Å². The van der Waals surface area contributed by atoms with Gasteiger partial charge in [-0.2, -0.15) is 8.78 Å². The molecule has 1 amide bonds. The maximum Gasteiger partial charge on any atom is 0.387 e. The van der Waals surface area contributed by atoms with Gasteiger partial charge in [0.15, 0.2) is 11.6 Å². The average molecular weight is 516 g/mol. The Morgan fingerprint density at radius 2 is 1.94 bits per heavy atom. The number of ether oxygens (including phenoxy) is 3. The lowest BCUT2D eigenvalue weighted by atomic mass is 10.1. The Morgan fingerprint density at radius 3 is 2.62 bits per heavy atom. The van der Waals surface area contributed by atoms with E-state index in [2.05, 4.69) is 20.7 Å². The molecule has 0 bridgehead atoms. The van der Waals surface area contributed by atoms with E-state index in [1.54, 1.807) is 18.2 Å². The van der Waals surface area contributed by atoms with Crippen LogP contribution in [0.2, 0.25) is 0 Å². The fourth-order valence-electron chi connectivity index (χ4n) is 3.58. The van der Waals surface area contributed by atoms with Crippen LogP contribution in [0.25, 0.3) is 0 Å². The molecule has 1 aliphatic heterocycles. The number of likely N-dealkylation sites (tertiary alicyclic amines) is 1. The fraction of sp³-hybridized carbons (Fsp3) is 0.364. The van der Waals surface area contributed by atoms with Crippen LogP contribution in [0.1, 0.15) is 18.4 Å². The smallest absolute Gasteiger partial charge is 0.387 e. The maximum atomic E-state index is 13.9. The van der Waals surface area contributed by atoms with Crippen LogP contribution in [-0.4, -0.2) is 49.2 Å². The van der Waals surface area contributed by atoms with Gasteiger partial charge in [-0.1, -0.05) is 28.1 Å². The summed E-state index contributed by atoms with van der Waals surface area (Å²) < 4.78 is 54.9. The third-order valence-electron chi connectivity index (χ3n) is 5.03. The summed E-state index contributed by atoms with van der Waals surface area (Å²) in [7, 11) is 1.21. The summed E-state index contributed by atoms with van der Waals surface area (Å²) in [4.78, 5) is 26.5. The van der Waals surface area contributed by atoms with Gasteiger partial charge in [-0.15, -0.1) is 0 Å². The third kappa shape index (κ3) is 5.93. The van der Waals surface area contributed by atoms with Gasteiger partial charge in [0.1, 0.15) is 17.9 Å². The van der Waals surface area contributed by atoms with Crippen LogP contribution in [0.3, 0.4) is 0 Å². The SMILES string of the molecule is COC(=O)C1CC(Oc2ccccc2F)CN1C(=O)CCc1cc(Br)ccc1OC(F)F. The number of halogens is 4. The van der Waals surface area contributed by atoms with Crippen LogP contribution in [0.5, 0.6) is 11.5 Å². The first-order chi connectivity index (χ1) is 15.3. The third-order valence-corrected chi connectivity index (χ3v) is 5.53. The minimum atomic E-state index is -3.00. The Balaban J connectivity index is 1.70. The van der Waals surface area contributed by atoms with Crippen molar-refractivity contribution in [3.8, 4) is 11.5 Å². The molecule has 2 aromatic carbocycles. The fourth-order valence-corrected chi connectivity index (χ4v) is 3.99. The van der Waals surface area contributed by atoms with Crippen molar-refractivity contribution in [2.45, 2.75) is 38.0 Å². The van der Waals surface area contributed by atoms with Gasteiger partial charge in [0, 0.05) is 17.3 Å². The van der Waals surface area contributed by atoms with E-state index in [4.69, 9.17) is 9.47 Å². The predicted octanol–water partition coefficient (Wildman–Crippen LogP) is 4.34. The topological polar surface area (TPSA) is 65.1 Å². The number of alkyl halides is 2. The Kier molecular flexibility index (Phi) is 8.00. The van der Waals surface area contributed by atoms with Gasteiger partial charge in [0.05, 0.1) is 13.7 Å². The van der Waals surface area contributed by atoms with Gasteiger partial charge < -0.3 is 19.1 Å². The average Bonchev–Trinajstić information content (AvgIpc) is 3.18. The largest absolute Gasteiger partial charge is 0.485 e. The quantitative estimate of drug-likeness (QED) is 0.489. The molecule has 1 aliphatic rings. The summed E-state index contributed by atoms with van der Waals surface area (Å²) in [6, 6.07) is 9.51. The van der Waals surface area contributed by atoms with Gasteiger partial charge in [0.25, 0.3) is 0 Å². The molecule has 2 aromatic rings. The lowest BCUT2D eigenvalue weighted by Crippen LogP contribution is -2.41. The van der Waals surface area contributed by atoms with E-state index < -0.39 is 30.5 Å². The molecule has 0 radical (unpaired) electrons. The van der Waals surface area contributed by atoms with Crippen molar-refractivity contribution in [3.05, 3.63) is 58.3 Å². The standard InChI is InChI=1S/C22H21BrF3NO5/c1-30-21(29)17-11-15(31-19-5-3-2-4-16(19)24)12-27(17)20(28)9-6-13-10-14(23)7-8-18(13)32-22(25)26/h2-5,7-8,10,15,17,22H,6,9,11-12H2,1H3. The van der Waals surface area contributed by atoms with Gasteiger partial charge in [-0.3, -0.25) is 4.79 Å². The molecule has 0 spiro atoms. The number of aryl methyl sites for hydroxylation is 1. The first kappa shape index (κ1) is 23.9. The summed E-state index contributed by atoms with van der Waals surface area (Å²) in [6.07, 6.45) is -0.411. The second kappa shape index (κ2) is 10.7. The van der Waals surface area contributed by atoms with Crippen molar-refractivity contribution in [1.82, 2.24) is 4.90 Å². The number of hydrogen-bond acceptors (Lipinski definition) is 5. The molecule has 1 saturated heterocycles.